The van der Waals surface area contributed by atoms with Gasteiger partial charge in [-0.05, 0) is 59.7 Å². The number of benzene rings is 1. The second kappa shape index (κ2) is 8.08. The van der Waals surface area contributed by atoms with Gasteiger partial charge in [-0.15, -0.1) is 0 Å². The van der Waals surface area contributed by atoms with Crippen LogP contribution in [0.15, 0.2) is 41.3 Å². The quantitative estimate of drug-likeness (QED) is 0.677. The van der Waals surface area contributed by atoms with Gasteiger partial charge in [0.05, 0.1) is 23.1 Å². The number of aromatic nitrogens is 3. The van der Waals surface area contributed by atoms with Gasteiger partial charge in [0.25, 0.3) is 0 Å². The van der Waals surface area contributed by atoms with Crippen LogP contribution in [0, 0.1) is 0 Å². The molecule has 2 N–H and O–H groups in total. The lowest BCUT2D eigenvalue weighted by Crippen LogP contribution is -2.27. The summed E-state index contributed by atoms with van der Waals surface area (Å²) < 4.78 is 10.0. The summed E-state index contributed by atoms with van der Waals surface area (Å²) in [6.07, 6.45) is 1.80. The van der Waals surface area contributed by atoms with E-state index in [-0.39, 0.29) is 16.6 Å². The highest BCUT2D eigenvalue weighted by Gasteiger charge is 2.12. The van der Waals surface area contributed by atoms with Gasteiger partial charge < -0.3 is 15.2 Å². The van der Waals surface area contributed by atoms with Crippen molar-refractivity contribution in [3.05, 3.63) is 46.9 Å². The van der Waals surface area contributed by atoms with Crippen LogP contribution in [0.4, 0.5) is 11.4 Å². The van der Waals surface area contributed by atoms with Gasteiger partial charge >= 0.3 is 0 Å². The van der Waals surface area contributed by atoms with E-state index in [4.69, 9.17) is 0 Å². The van der Waals surface area contributed by atoms with E-state index >= 15 is 0 Å². The molecule has 0 aliphatic rings. The highest BCUT2D eigenvalue weighted by molar-refractivity contribution is 7.00. The minimum absolute atomic E-state index is 0.0134. The zero-order valence-electron chi connectivity index (χ0n) is 17.1. The molecule has 0 saturated heterocycles. The Kier molecular flexibility index (Phi) is 6.26. The minimum Gasteiger partial charge on any atom is -0.379 e. The van der Waals surface area contributed by atoms with Crippen LogP contribution in [0.1, 0.15) is 41.5 Å². The molecule has 0 aliphatic heterocycles. The van der Waals surface area contributed by atoms with Crippen molar-refractivity contribution in [2.24, 2.45) is 7.05 Å². The fraction of sp³-hybridized carbons (Fsp3) is 0.450. The second-order valence-electron chi connectivity index (χ2n) is 8.55. The summed E-state index contributed by atoms with van der Waals surface area (Å²) in [5, 5.41) is 6.70. The van der Waals surface area contributed by atoms with Crippen LogP contribution >= 0.6 is 11.7 Å². The van der Waals surface area contributed by atoms with Crippen LogP contribution in [0.5, 0.6) is 0 Å². The van der Waals surface area contributed by atoms with Crippen molar-refractivity contribution in [3.63, 3.8) is 0 Å². The summed E-state index contributed by atoms with van der Waals surface area (Å²) >= 11 is 1.25. The Morgan fingerprint density at radius 3 is 2.19 bits per heavy atom. The van der Waals surface area contributed by atoms with E-state index in [0.29, 0.717) is 0 Å². The molecular weight excluding hydrogens is 358 g/mol. The van der Waals surface area contributed by atoms with Crippen LogP contribution < -0.4 is 16.2 Å². The molecule has 2 heterocycles. The maximum atomic E-state index is 11.1. The highest BCUT2D eigenvalue weighted by atomic mass is 32.1. The lowest BCUT2D eigenvalue weighted by Gasteiger charge is -2.22. The smallest absolute Gasteiger partial charge is 0.250 e. The summed E-state index contributed by atoms with van der Waals surface area (Å²) in [5.74, 6) is 0. The monoisotopic (exact) mass is 387 g/mol. The van der Waals surface area contributed by atoms with Crippen molar-refractivity contribution in [3.8, 4) is 0 Å². The van der Waals surface area contributed by atoms with Crippen LogP contribution in [-0.4, -0.2) is 24.4 Å². The Morgan fingerprint density at radius 1 is 0.926 bits per heavy atom. The first-order valence-electron chi connectivity index (χ1n) is 8.89. The first kappa shape index (κ1) is 20.9. The van der Waals surface area contributed by atoms with Gasteiger partial charge in [-0.1, -0.05) is 6.07 Å². The Morgan fingerprint density at radius 2 is 1.59 bits per heavy atom. The molecular formula is C20H29N5OS. The summed E-state index contributed by atoms with van der Waals surface area (Å²) in [6.45, 7) is 12.6. The lowest BCUT2D eigenvalue weighted by atomic mass is 10.1. The van der Waals surface area contributed by atoms with Crippen molar-refractivity contribution in [1.29, 1.82) is 0 Å². The Labute approximate surface area is 165 Å². The summed E-state index contributed by atoms with van der Waals surface area (Å²) in [6, 6.07) is 9.38. The zero-order chi connectivity index (χ0) is 20.2. The van der Waals surface area contributed by atoms with Gasteiger partial charge in [-0.3, -0.25) is 4.79 Å². The predicted octanol–water partition coefficient (Wildman–Crippen LogP) is 4.50. The third-order valence-corrected chi connectivity index (χ3v) is 3.94. The molecule has 0 saturated carbocycles. The topological polar surface area (TPSA) is 71.8 Å². The van der Waals surface area contributed by atoms with Crippen molar-refractivity contribution in [2.75, 3.05) is 10.6 Å². The fourth-order valence-corrected chi connectivity index (χ4v) is 2.96. The van der Waals surface area contributed by atoms with Crippen molar-refractivity contribution < 1.29 is 0 Å². The van der Waals surface area contributed by atoms with Crippen molar-refractivity contribution >= 4 is 34.1 Å². The number of hydrogen-bond acceptors (Lipinski definition) is 6. The van der Waals surface area contributed by atoms with E-state index in [1.807, 2.05) is 18.2 Å². The standard InChI is InChI=1S/C10H13N3S.C10H16N2O/c1-10(2,3)11-7-5-4-6-8-9(7)13-14-12-8;1-10(2,3)11-8-5-6-9(13)12(4)7-8/h4-6,11H,1-3H3;5-7,11H,1-4H3. The minimum atomic E-state index is 0.0134. The molecule has 0 unspecified atom stereocenters. The van der Waals surface area contributed by atoms with Crippen LogP contribution in [0.3, 0.4) is 0 Å². The Hall–Kier alpha value is -2.41. The molecule has 1 aromatic carbocycles. The molecule has 3 aromatic rings. The molecule has 0 spiro atoms. The number of aryl methyl sites for hydroxylation is 1. The van der Waals surface area contributed by atoms with Gasteiger partial charge in [0.2, 0.25) is 5.56 Å². The molecule has 6 nitrogen and oxygen atoms in total. The maximum absolute atomic E-state index is 11.1. The summed E-state index contributed by atoms with van der Waals surface area (Å²) in [4.78, 5) is 11.1. The number of hydrogen-bond donors (Lipinski definition) is 2. The molecule has 0 atom stereocenters. The second-order valence-corrected chi connectivity index (χ2v) is 9.08. The number of nitrogens with zero attached hydrogens (tertiary/aromatic N) is 3. The molecule has 0 aliphatic carbocycles. The number of nitrogens with one attached hydrogen (secondary N) is 2. The number of fused-ring (bicyclic) bond motifs is 1. The van der Waals surface area contributed by atoms with E-state index in [1.165, 1.54) is 11.7 Å². The average Bonchev–Trinajstić information content (AvgIpc) is 2.98. The molecule has 0 bridgehead atoms. The molecule has 0 fully saturated rings. The average molecular weight is 388 g/mol. The maximum Gasteiger partial charge on any atom is 0.250 e. The molecule has 27 heavy (non-hydrogen) atoms. The highest BCUT2D eigenvalue weighted by Crippen LogP contribution is 2.23. The third kappa shape index (κ3) is 6.67. The van der Waals surface area contributed by atoms with Gasteiger partial charge in [0.1, 0.15) is 11.0 Å². The molecule has 2 aromatic heterocycles. The van der Waals surface area contributed by atoms with E-state index in [1.54, 1.807) is 29.9 Å². The normalized spacial score (nSPS) is 11.7. The third-order valence-electron chi connectivity index (χ3n) is 3.40. The van der Waals surface area contributed by atoms with Crippen LogP contribution in [0.2, 0.25) is 0 Å². The van der Waals surface area contributed by atoms with Crippen LogP contribution in [0.25, 0.3) is 11.0 Å². The van der Waals surface area contributed by atoms with Crippen molar-refractivity contribution in [2.45, 2.75) is 52.6 Å². The van der Waals surface area contributed by atoms with E-state index in [2.05, 4.69) is 60.9 Å². The molecule has 0 amide bonds. The molecule has 0 radical (unpaired) electrons. The zero-order valence-corrected chi connectivity index (χ0v) is 17.9. The van der Waals surface area contributed by atoms with E-state index < -0.39 is 0 Å². The summed E-state index contributed by atoms with van der Waals surface area (Å²) in [5.41, 5.74) is 4.05. The number of anilines is 2. The van der Waals surface area contributed by atoms with Gasteiger partial charge in [0.15, 0.2) is 0 Å². The molecule has 7 heteroatoms. The fourth-order valence-electron chi connectivity index (χ4n) is 2.41. The van der Waals surface area contributed by atoms with Gasteiger partial charge in [0, 0.05) is 30.4 Å². The first-order valence-corrected chi connectivity index (χ1v) is 9.62. The van der Waals surface area contributed by atoms with Crippen LogP contribution in [-0.2, 0) is 7.05 Å². The first-order chi connectivity index (χ1) is 12.4. The van der Waals surface area contributed by atoms with Gasteiger partial charge in [-0.2, -0.15) is 8.75 Å². The van der Waals surface area contributed by atoms with E-state index in [9.17, 15) is 4.79 Å². The van der Waals surface area contributed by atoms with Gasteiger partial charge in [-0.25, -0.2) is 0 Å². The largest absolute Gasteiger partial charge is 0.379 e. The molecule has 146 valence electrons. The predicted molar refractivity (Wildman–Crippen MR) is 116 cm³/mol. The Bertz CT molecular complexity index is 947. The van der Waals surface area contributed by atoms with E-state index in [0.717, 1.165) is 22.4 Å². The Balaban J connectivity index is 0.000000194. The summed E-state index contributed by atoms with van der Waals surface area (Å²) in [7, 11) is 1.75. The SMILES string of the molecule is CC(C)(C)Nc1cccc2nsnc12.Cn1cc(NC(C)(C)C)ccc1=O. The van der Waals surface area contributed by atoms with Crippen molar-refractivity contribution in [1.82, 2.24) is 13.3 Å². The number of rotatable bonds is 2. The lowest BCUT2D eigenvalue weighted by molar-refractivity contribution is 0.632. The molecule has 3 rings (SSSR count). The number of pyridine rings is 1.